The minimum Gasteiger partial charge on any atom is -0.507 e. The number of aromatic hydroxyl groups is 2. The summed E-state index contributed by atoms with van der Waals surface area (Å²) >= 11 is 0. The SMILES string of the molecule is O=C(O)c1ccc2c(Cc3c(O)c(C(=O)O)cc4cc(C(=O)O)ccc34)c(O)c(C(=O)O)cc2c1. The molecule has 0 atom stereocenters. The Morgan fingerprint density at radius 3 is 1.23 bits per heavy atom. The van der Waals surface area contributed by atoms with Crippen LogP contribution in [0.1, 0.15) is 52.6 Å². The van der Waals surface area contributed by atoms with Crippen LogP contribution >= 0.6 is 0 Å². The van der Waals surface area contributed by atoms with E-state index >= 15 is 0 Å². The molecule has 0 aliphatic rings. The summed E-state index contributed by atoms with van der Waals surface area (Å²) in [5.41, 5.74) is -1.24. The second kappa shape index (κ2) is 8.34. The molecule has 0 bridgehead atoms. The monoisotopic (exact) mass is 476 g/mol. The number of fused-ring (bicyclic) bond motifs is 2. The molecular formula is C25H16O10. The van der Waals surface area contributed by atoms with Crippen molar-refractivity contribution in [1.82, 2.24) is 0 Å². The van der Waals surface area contributed by atoms with Gasteiger partial charge in [0.1, 0.15) is 22.6 Å². The summed E-state index contributed by atoms with van der Waals surface area (Å²) in [6, 6.07) is 9.99. The Balaban J connectivity index is 2.05. The van der Waals surface area contributed by atoms with Crippen LogP contribution in [0.5, 0.6) is 11.5 Å². The Kier molecular flexibility index (Phi) is 5.49. The van der Waals surface area contributed by atoms with Crippen LogP contribution in [-0.2, 0) is 6.42 Å². The van der Waals surface area contributed by atoms with Crippen molar-refractivity contribution < 1.29 is 49.8 Å². The maximum Gasteiger partial charge on any atom is 0.339 e. The van der Waals surface area contributed by atoms with E-state index in [1.54, 1.807) is 0 Å². The second-order valence-corrected chi connectivity index (χ2v) is 7.77. The van der Waals surface area contributed by atoms with Crippen molar-refractivity contribution >= 4 is 45.4 Å². The Hall–Kier alpha value is -5.12. The first kappa shape index (κ1) is 23.1. The molecule has 0 heterocycles. The predicted octanol–water partition coefficient (Wildman–Crippen LogP) is 3.79. The number of carbonyl (C=O) groups is 4. The van der Waals surface area contributed by atoms with Gasteiger partial charge < -0.3 is 30.6 Å². The van der Waals surface area contributed by atoms with E-state index in [1.165, 1.54) is 36.4 Å². The number of carboxylic acid groups (broad SMARTS) is 4. The van der Waals surface area contributed by atoms with E-state index in [0.29, 0.717) is 0 Å². The molecule has 0 amide bonds. The summed E-state index contributed by atoms with van der Waals surface area (Å²) in [7, 11) is 0. The van der Waals surface area contributed by atoms with Gasteiger partial charge in [0.2, 0.25) is 0 Å². The van der Waals surface area contributed by atoms with E-state index in [9.17, 15) is 49.8 Å². The fourth-order valence-corrected chi connectivity index (χ4v) is 4.07. The van der Waals surface area contributed by atoms with E-state index < -0.39 is 46.5 Å². The maximum atomic E-state index is 11.8. The van der Waals surface area contributed by atoms with E-state index in [4.69, 9.17) is 0 Å². The number of aromatic carboxylic acids is 4. The van der Waals surface area contributed by atoms with Gasteiger partial charge in [-0.15, -0.1) is 0 Å². The molecule has 4 rings (SSSR count). The number of carboxylic acids is 4. The van der Waals surface area contributed by atoms with Gasteiger partial charge in [-0.3, -0.25) is 0 Å². The summed E-state index contributed by atoms with van der Waals surface area (Å²) in [5.74, 6) is -6.72. The molecule has 0 aliphatic heterocycles. The van der Waals surface area contributed by atoms with Crippen LogP contribution in [0.25, 0.3) is 21.5 Å². The lowest BCUT2D eigenvalue weighted by Crippen LogP contribution is -2.05. The molecule has 6 N–H and O–H groups in total. The topological polar surface area (TPSA) is 190 Å². The van der Waals surface area contributed by atoms with Crippen LogP contribution in [0.15, 0.2) is 48.5 Å². The van der Waals surface area contributed by atoms with Crippen LogP contribution in [0.4, 0.5) is 0 Å². The minimum absolute atomic E-state index is 0.0123. The fraction of sp³-hybridized carbons (Fsp3) is 0.0400. The molecule has 0 aromatic heterocycles. The zero-order chi connectivity index (χ0) is 25.6. The smallest absolute Gasteiger partial charge is 0.339 e. The number of phenols is 2. The Labute approximate surface area is 195 Å². The van der Waals surface area contributed by atoms with Gasteiger partial charge in [-0.05, 0) is 57.9 Å². The lowest BCUT2D eigenvalue weighted by molar-refractivity contribution is 0.0682. The van der Waals surface area contributed by atoms with Gasteiger partial charge >= 0.3 is 23.9 Å². The van der Waals surface area contributed by atoms with Crippen molar-refractivity contribution in [1.29, 1.82) is 0 Å². The number of benzene rings is 4. The fourth-order valence-electron chi connectivity index (χ4n) is 4.07. The van der Waals surface area contributed by atoms with Crippen molar-refractivity contribution in [3.8, 4) is 11.5 Å². The standard InChI is InChI=1S/C25H16O10/c26-20-16(14-3-1-10(22(28)29)5-12(14)7-18(20)24(32)33)9-17-15-4-2-11(23(30)31)6-13(15)8-19(21(17)27)25(34)35/h1-8,26-27H,9H2,(H,28,29)(H,30,31)(H,32,33)(H,34,35). The minimum atomic E-state index is -1.48. The number of hydrogen-bond donors (Lipinski definition) is 6. The third-order valence-corrected chi connectivity index (χ3v) is 5.74. The molecule has 4 aromatic carbocycles. The van der Waals surface area contributed by atoms with Gasteiger partial charge in [0.05, 0.1) is 11.1 Å². The number of rotatable bonds is 6. The Morgan fingerprint density at radius 2 is 0.914 bits per heavy atom. The average Bonchev–Trinajstić information content (AvgIpc) is 2.80. The van der Waals surface area contributed by atoms with Crippen LogP contribution in [0.3, 0.4) is 0 Å². The molecule has 10 nitrogen and oxygen atoms in total. The normalized spacial score (nSPS) is 11.0. The second-order valence-electron chi connectivity index (χ2n) is 7.77. The average molecular weight is 476 g/mol. The van der Waals surface area contributed by atoms with E-state index in [0.717, 1.165) is 12.1 Å². The van der Waals surface area contributed by atoms with Crippen molar-refractivity contribution in [3.63, 3.8) is 0 Å². The highest BCUT2D eigenvalue weighted by atomic mass is 16.4. The highest BCUT2D eigenvalue weighted by molar-refractivity contribution is 6.04. The number of hydrogen-bond acceptors (Lipinski definition) is 6. The van der Waals surface area contributed by atoms with E-state index in [2.05, 4.69) is 0 Å². The van der Waals surface area contributed by atoms with E-state index in [-0.39, 0.29) is 50.2 Å². The van der Waals surface area contributed by atoms with Crippen molar-refractivity contribution in [2.24, 2.45) is 0 Å². The van der Waals surface area contributed by atoms with Crippen LogP contribution < -0.4 is 0 Å². The van der Waals surface area contributed by atoms with Gasteiger partial charge in [-0.25, -0.2) is 19.2 Å². The largest absolute Gasteiger partial charge is 0.507 e. The first-order valence-corrected chi connectivity index (χ1v) is 10.00. The van der Waals surface area contributed by atoms with Crippen LogP contribution in [-0.4, -0.2) is 54.5 Å². The molecule has 0 spiro atoms. The zero-order valence-electron chi connectivity index (χ0n) is 17.6. The van der Waals surface area contributed by atoms with Gasteiger partial charge in [0, 0.05) is 17.5 Å². The summed E-state index contributed by atoms with van der Waals surface area (Å²) in [6.07, 6.45) is -0.342. The lowest BCUT2D eigenvalue weighted by Gasteiger charge is -2.16. The highest BCUT2D eigenvalue weighted by Gasteiger charge is 2.23. The van der Waals surface area contributed by atoms with Crippen LogP contribution in [0.2, 0.25) is 0 Å². The molecule has 10 heteroatoms. The van der Waals surface area contributed by atoms with Gasteiger partial charge in [0.25, 0.3) is 0 Å². The molecular weight excluding hydrogens is 460 g/mol. The van der Waals surface area contributed by atoms with E-state index in [1.807, 2.05) is 0 Å². The quantitative estimate of drug-likeness (QED) is 0.239. The Morgan fingerprint density at radius 1 is 0.543 bits per heavy atom. The highest BCUT2D eigenvalue weighted by Crippen LogP contribution is 2.39. The Bertz CT molecular complexity index is 1480. The maximum absolute atomic E-state index is 11.8. The van der Waals surface area contributed by atoms with Crippen molar-refractivity contribution in [2.75, 3.05) is 0 Å². The molecule has 176 valence electrons. The molecule has 0 saturated heterocycles. The first-order chi connectivity index (χ1) is 16.5. The predicted molar refractivity (Wildman–Crippen MR) is 122 cm³/mol. The molecule has 0 radical (unpaired) electrons. The molecule has 0 aliphatic carbocycles. The van der Waals surface area contributed by atoms with Crippen LogP contribution in [0, 0.1) is 0 Å². The molecule has 0 saturated carbocycles. The molecule has 0 fully saturated rings. The molecule has 0 unspecified atom stereocenters. The zero-order valence-corrected chi connectivity index (χ0v) is 17.6. The van der Waals surface area contributed by atoms with Gasteiger partial charge in [-0.2, -0.15) is 0 Å². The van der Waals surface area contributed by atoms with Crippen molar-refractivity contribution in [3.05, 3.63) is 81.9 Å². The molecule has 4 aromatic rings. The summed E-state index contributed by atoms with van der Waals surface area (Å²) in [6.45, 7) is 0. The third-order valence-electron chi connectivity index (χ3n) is 5.74. The van der Waals surface area contributed by atoms with Crippen molar-refractivity contribution in [2.45, 2.75) is 6.42 Å². The summed E-state index contributed by atoms with van der Waals surface area (Å²) in [4.78, 5) is 46.3. The first-order valence-electron chi connectivity index (χ1n) is 10.00. The third kappa shape index (κ3) is 3.93. The van der Waals surface area contributed by atoms with Gasteiger partial charge in [0.15, 0.2) is 0 Å². The summed E-state index contributed by atoms with van der Waals surface area (Å²) in [5, 5.41) is 60.2. The van der Waals surface area contributed by atoms with Gasteiger partial charge in [-0.1, -0.05) is 12.1 Å². The summed E-state index contributed by atoms with van der Waals surface area (Å²) < 4.78 is 0. The lowest BCUT2D eigenvalue weighted by atomic mass is 9.89. The molecule has 35 heavy (non-hydrogen) atoms.